The molecule has 1 aliphatic rings. The zero-order valence-corrected chi connectivity index (χ0v) is 26.4. The highest BCUT2D eigenvalue weighted by atomic mass is 35.5. The first-order valence-electron chi connectivity index (χ1n) is 14.4. The number of hydrogen-bond acceptors (Lipinski definition) is 8. The van der Waals surface area contributed by atoms with Crippen molar-refractivity contribution in [2.24, 2.45) is 7.05 Å². The van der Waals surface area contributed by atoms with Crippen LogP contribution in [0.15, 0.2) is 77.9 Å². The van der Waals surface area contributed by atoms with E-state index in [-0.39, 0.29) is 5.69 Å². The number of anilines is 1. The predicted molar refractivity (Wildman–Crippen MR) is 177 cm³/mol. The van der Waals surface area contributed by atoms with E-state index in [4.69, 9.17) is 26.6 Å². The third kappa shape index (κ3) is 6.72. The molecule has 12 nitrogen and oxygen atoms in total. The van der Waals surface area contributed by atoms with Crippen molar-refractivity contribution >= 4 is 51.2 Å². The smallest absolute Gasteiger partial charge is 0.333 e. The minimum Gasteiger partial charge on any atom is -0.481 e. The predicted octanol–water partition coefficient (Wildman–Crippen LogP) is 4.50. The van der Waals surface area contributed by atoms with Crippen LogP contribution in [0.4, 0.5) is 5.69 Å². The second-order valence-corrected chi connectivity index (χ2v) is 11.4. The summed E-state index contributed by atoms with van der Waals surface area (Å²) < 4.78 is 8.56. The van der Waals surface area contributed by atoms with Gasteiger partial charge in [0.15, 0.2) is 0 Å². The van der Waals surface area contributed by atoms with Crippen LogP contribution in [0.2, 0.25) is 5.02 Å². The molecule has 3 aromatic heterocycles. The molecular formula is C33H33ClN6O6. The number of carbonyl (C=O) groups is 2. The first-order chi connectivity index (χ1) is 22.0. The molecule has 0 amide bonds. The lowest BCUT2D eigenvalue weighted by Gasteiger charge is -2.38. The summed E-state index contributed by atoms with van der Waals surface area (Å²) in [4.78, 5) is 44.0. The average Bonchev–Trinajstić information content (AvgIpc) is 3.29. The van der Waals surface area contributed by atoms with E-state index in [0.717, 1.165) is 57.5 Å². The molecule has 0 aliphatic carbocycles. The van der Waals surface area contributed by atoms with Gasteiger partial charge in [0.25, 0.3) is 0 Å². The zero-order valence-electron chi connectivity index (χ0n) is 25.6. The minimum absolute atomic E-state index is 0.154. The second kappa shape index (κ2) is 13.4. The summed E-state index contributed by atoms with van der Waals surface area (Å²) in [6, 6.07) is 16.5. The molecule has 0 spiro atoms. The SMILES string of the molecule is COc1ccc(-c2ccc3ncc4c(c3c2)n(-c2ccc(N3CC(C)NC(C)C3)c(Cl)c2)c(=O)n4C)cn1.O=C(O)C=CC(=O)O. The molecule has 1 fully saturated rings. The Morgan fingerprint density at radius 3 is 2.22 bits per heavy atom. The molecule has 6 rings (SSSR count). The Balaban J connectivity index is 0.000000463. The third-order valence-corrected chi connectivity index (χ3v) is 7.92. The molecule has 0 saturated carbocycles. The Labute approximate surface area is 269 Å². The number of carboxylic acids is 2. The molecule has 238 valence electrons. The van der Waals surface area contributed by atoms with Gasteiger partial charge in [0.05, 0.1) is 46.3 Å². The van der Waals surface area contributed by atoms with Crippen molar-refractivity contribution < 1.29 is 24.5 Å². The number of carboxylic acid groups (broad SMARTS) is 2. The molecule has 3 N–H and O–H groups in total. The second-order valence-electron chi connectivity index (χ2n) is 11.0. The summed E-state index contributed by atoms with van der Waals surface area (Å²) in [6.45, 7) is 6.10. The van der Waals surface area contributed by atoms with E-state index in [1.165, 1.54) is 0 Å². The maximum atomic E-state index is 13.6. The number of ether oxygens (including phenoxy) is 1. The number of rotatable bonds is 6. The number of pyridine rings is 2. The molecule has 2 aromatic carbocycles. The first-order valence-corrected chi connectivity index (χ1v) is 14.8. The van der Waals surface area contributed by atoms with Gasteiger partial charge in [-0.25, -0.2) is 19.4 Å². The summed E-state index contributed by atoms with van der Waals surface area (Å²) in [6.07, 6.45) is 4.65. The molecular weight excluding hydrogens is 612 g/mol. The van der Waals surface area contributed by atoms with Gasteiger partial charge in [-0.1, -0.05) is 17.7 Å². The van der Waals surface area contributed by atoms with E-state index in [2.05, 4.69) is 40.1 Å². The molecule has 1 saturated heterocycles. The van der Waals surface area contributed by atoms with Crippen molar-refractivity contribution in [2.45, 2.75) is 25.9 Å². The maximum Gasteiger partial charge on any atom is 0.333 e. The lowest BCUT2D eigenvalue weighted by atomic mass is 10.0. The van der Waals surface area contributed by atoms with E-state index in [1.54, 1.807) is 35.7 Å². The topological polar surface area (TPSA) is 152 Å². The number of benzene rings is 2. The van der Waals surface area contributed by atoms with Crippen molar-refractivity contribution in [1.29, 1.82) is 0 Å². The van der Waals surface area contributed by atoms with Crippen LogP contribution < -0.4 is 20.6 Å². The lowest BCUT2D eigenvalue weighted by Crippen LogP contribution is -2.54. The van der Waals surface area contributed by atoms with Gasteiger partial charge < -0.3 is 25.2 Å². The third-order valence-electron chi connectivity index (χ3n) is 7.62. The number of methoxy groups -OCH3 is 1. The monoisotopic (exact) mass is 644 g/mol. The van der Waals surface area contributed by atoms with Crippen LogP contribution in [-0.4, -0.2) is 73.5 Å². The average molecular weight is 645 g/mol. The summed E-state index contributed by atoms with van der Waals surface area (Å²) in [5.41, 5.74) is 5.80. The number of nitrogens with zero attached hydrogens (tertiary/aromatic N) is 5. The minimum atomic E-state index is -1.26. The van der Waals surface area contributed by atoms with E-state index in [9.17, 15) is 14.4 Å². The van der Waals surface area contributed by atoms with Crippen LogP contribution >= 0.6 is 11.6 Å². The van der Waals surface area contributed by atoms with E-state index in [0.29, 0.717) is 35.1 Å². The highest BCUT2D eigenvalue weighted by Crippen LogP contribution is 2.33. The number of aromatic nitrogens is 4. The zero-order chi connectivity index (χ0) is 33.1. The number of imidazole rings is 1. The largest absolute Gasteiger partial charge is 0.481 e. The molecule has 46 heavy (non-hydrogen) atoms. The Morgan fingerprint density at radius 1 is 0.957 bits per heavy atom. The van der Waals surface area contributed by atoms with Crippen molar-refractivity contribution in [3.63, 3.8) is 0 Å². The number of aryl methyl sites for hydroxylation is 1. The molecule has 0 radical (unpaired) electrons. The summed E-state index contributed by atoms with van der Waals surface area (Å²) in [7, 11) is 3.37. The quantitative estimate of drug-likeness (QED) is 0.225. The van der Waals surface area contributed by atoms with Gasteiger partial charge in [0.2, 0.25) is 5.88 Å². The highest BCUT2D eigenvalue weighted by molar-refractivity contribution is 6.33. The van der Waals surface area contributed by atoms with Gasteiger partial charge in [-0.05, 0) is 55.8 Å². The van der Waals surface area contributed by atoms with E-state index < -0.39 is 11.9 Å². The number of nitrogens with one attached hydrogen (secondary N) is 1. The van der Waals surface area contributed by atoms with Crippen molar-refractivity contribution in [3.05, 3.63) is 88.6 Å². The fraction of sp³-hybridized carbons (Fsp3) is 0.242. The van der Waals surface area contributed by atoms with Gasteiger partial charge in [-0.3, -0.25) is 14.1 Å². The Morgan fingerprint density at radius 2 is 1.63 bits per heavy atom. The van der Waals surface area contributed by atoms with Crippen LogP contribution in [0.5, 0.6) is 5.88 Å². The fourth-order valence-electron chi connectivity index (χ4n) is 5.65. The van der Waals surface area contributed by atoms with E-state index >= 15 is 0 Å². The number of halogens is 1. The summed E-state index contributed by atoms with van der Waals surface area (Å²) >= 11 is 6.85. The van der Waals surface area contributed by atoms with Crippen LogP contribution in [0.25, 0.3) is 38.8 Å². The molecule has 2 atom stereocenters. The lowest BCUT2D eigenvalue weighted by molar-refractivity contribution is -0.134. The Bertz CT molecular complexity index is 1990. The first kappa shape index (κ1) is 32.2. The van der Waals surface area contributed by atoms with Crippen LogP contribution in [0.3, 0.4) is 0 Å². The Hall–Kier alpha value is -5.20. The molecule has 5 aromatic rings. The van der Waals surface area contributed by atoms with Gasteiger partial charge >= 0.3 is 17.6 Å². The Kier molecular flexibility index (Phi) is 9.40. The van der Waals surface area contributed by atoms with Crippen molar-refractivity contribution in [2.75, 3.05) is 25.1 Å². The van der Waals surface area contributed by atoms with Gasteiger partial charge in [0.1, 0.15) is 0 Å². The number of piperazine rings is 1. The number of fused-ring (bicyclic) bond motifs is 3. The normalized spacial score (nSPS) is 16.4. The van der Waals surface area contributed by atoms with Gasteiger partial charge in [-0.15, -0.1) is 0 Å². The van der Waals surface area contributed by atoms with Crippen LogP contribution in [-0.2, 0) is 16.6 Å². The standard InChI is InChI=1S/C29H29ClN6O2.C4H4O4/c1-17-15-35(16-18(2)33-17)25-9-7-21(12-23(25)30)36-28-22-11-19(20-6-10-27(38-4)32-13-20)5-8-24(22)31-14-26(28)34(3)29(36)37;5-3(6)1-2-4(7)8/h5-14,17-18,33H,15-16H2,1-4H3;1-2H,(H,5,6)(H,7,8). The fourth-order valence-corrected chi connectivity index (χ4v) is 5.94. The maximum absolute atomic E-state index is 13.6. The summed E-state index contributed by atoms with van der Waals surface area (Å²) in [5.74, 6) is -1.96. The van der Waals surface area contributed by atoms with Crippen LogP contribution in [0, 0.1) is 0 Å². The van der Waals surface area contributed by atoms with Crippen LogP contribution in [0.1, 0.15) is 13.8 Å². The highest BCUT2D eigenvalue weighted by Gasteiger charge is 2.24. The molecule has 0 bridgehead atoms. The van der Waals surface area contributed by atoms with Gasteiger partial charge in [-0.2, -0.15) is 0 Å². The number of aliphatic carboxylic acids is 2. The summed E-state index contributed by atoms with van der Waals surface area (Å²) in [5, 5.41) is 20.7. The molecule has 13 heteroatoms. The number of hydrogen-bond donors (Lipinski definition) is 3. The van der Waals surface area contributed by atoms with Gasteiger partial charge in [0, 0.05) is 67.6 Å². The van der Waals surface area contributed by atoms with Crippen molar-refractivity contribution in [1.82, 2.24) is 24.4 Å². The van der Waals surface area contributed by atoms with Crippen molar-refractivity contribution in [3.8, 4) is 22.7 Å². The van der Waals surface area contributed by atoms with E-state index in [1.807, 2.05) is 42.5 Å². The molecule has 2 unspecified atom stereocenters. The molecule has 1 aliphatic heterocycles. The molecule has 4 heterocycles.